The number of aryl methyl sites for hydroxylation is 1. The summed E-state index contributed by atoms with van der Waals surface area (Å²) in [6.07, 6.45) is 0.942. The average molecular weight is 464 g/mol. The van der Waals surface area contributed by atoms with Gasteiger partial charge in [0.25, 0.3) is 0 Å². The van der Waals surface area contributed by atoms with E-state index in [2.05, 4.69) is 4.72 Å². The fraction of sp³-hybridized carbons (Fsp3) is 0.136. The third-order valence-corrected chi connectivity index (χ3v) is 6.26. The fourth-order valence-corrected chi connectivity index (χ4v) is 4.59. The summed E-state index contributed by atoms with van der Waals surface area (Å²) in [5.41, 5.74) is 1.21. The molecule has 1 heterocycles. The minimum Gasteiger partial charge on any atom is -0.505 e. The second-order valence-corrected chi connectivity index (χ2v) is 8.47. The van der Waals surface area contributed by atoms with E-state index in [4.69, 9.17) is 16.3 Å². The van der Waals surface area contributed by atoms with Gasteiger partial charge in [0.1, 0.15) is 16.5 Å². The van der Waals surface area contributed by atoms with Crippen molar-refractivity contribution in [3.8, 4) is 16.9 Å². The summed E-state index contributed by atoms with van der Waals surface area (Å²) in [7, 11) is -2.21. The molecule has 1 atom stereocenters. The molecule has 4 rings (SSSR count). The molecule has 160 valence electrons. The predicted molar refractivity (Wildman–Crippen MR) is 114 cm³/mol. The molecule has 9 heteroatoms. The normalized spacial score (nSPS) is 16.4. The lowest BCUT2D eigenvalue weighted by Crippen LogP contribution is -2.10. The van der Waals surface area contributed by atoms with Crippen LogP contribution >= 0.6 is 11.6 Å². The predicted octanol–water partition coefficient (Wildman–Crippen LogP) is 5.23. The monoisotopic (exact) mass is 463 g/mol. The number of hydrogen-bond acceptors (Lipinski definition) is 4. The van der Waals surface area contributed by atoms with Gasteiger partial charge in [-0.25, -0.2) is 17.8 Å². The molecule has 0 aromatic heterocycles. The van der Waals surface area contributed by atoms with Crippen LogP contribution in [-0.4, -0.2) is 21.9 Å². The van der Waals surface area contributed by atoms with Gasteiger partial charge in [-0.1, -0.05) is 35.9 Å². The van der Waals surface area contributed by atoms with Crippen LogP contribution in [0.2, 0.25) is 5.02 Å². The fourth-order valence-electron chi connectivity index (χ4n) is 3.33. The Labute approximate surface area is 184 Å². The largest absolute Gasteiger partial charge is 0.505 e. The van der Waals surface area contributed by atoms with E-state index in [1.807, 2.05) is 6.07 Å². The topological polar surface area (TPSA) is 75.6 Å². The smallest absolute Gasteiger partial charge is 0.338 e. The van der Waals surface area contributed by atoms with E-state index in [-0.39, 0.29) is 33.3 Å². The number of cyclic esters (lactones) is 1. The number of anilines is 1. The maximum absolute atomic E-state index is 14.7. The molecule has 5 nitrogen and oxygen atoms in total. The highest BCUT2D eigenvalue weighted by Crippen LogP contribution is 2.35. The maximum atomic E-state index is 14.7. The van der Waals surface area contributed by atoms with Crippen molar-refractivity contribution in [1.82, 2.24) is 0 Å². The lowest BCUT2D eigenvalue weighted by atomic mass is 9.96. The number of phenols is 1. The van der Waals surface area contributed by atoms with Crippen LogP contribution < -0.4 is 4.72 Å². The van der Waals surface area contributed by atoms with Crippen molar-refractivity contribution in [3.63, 3.8) is 0 Å². The molecule has 31 heavy (non-hydrogen) atoms. The number of aromatic hydroxyl groups is 1. The van der Waals surface area contributed by atoms with E-state index in [9.17, 15) is 22.9 Å². The number of benzene rings is 3. The van der Waals surface area contributed by atoms with Gasteiger partial charge < -0.3 is 9.84 Å². The third-order valence-electron chi connectivity index (χ3n) is 4.85. The molecule has 0 spiro atoms. The molecule has 1 aliphatic heterocycles. The highest BCUT2D eigenvalue weighted by Gasteiger charge is 2.21. The number of ether oxygens (including phenoxy) is 1. The second-order valence-electron chi connectivity index (χ2n) is 6.88. The van der Waals surface area contributed by atoms with Crippen LogP contribution in [0.15, 0.2) is 53.4 Å². The molecule has 0 amide bonds. The van der Waals surface area contributed by atoms with Gasteiger partial charge in [-0.05, 0) is 42.2 Å². The number of hydrogen-bond donors (Lipinski definition) is 2. The van der Waals surface area contributed by atoms with Crippen LogP contribution in [-0.2, 0) is 22.1 Å². The summed E-state index contributed by atoms with van der Waals surface area (Å²) in [6.45, 7) is 0.0828. The Balaban J connectivity index is 1.87. The van der Waals surface area contributed by atoms with Crippen LogP contribution in [0.4, 0.5) is 14.5 Å². The molecule has 0 aliphatic carbocycles. The Morgan fingerprint density at radius 1 is 1.06 bits per heavy atom. The first-order valence-corrected chi connectivity index (χ1v) is 10.8. The quantitative estimate of drug-likeness (QED) is 0.448. The molecule has 0 radical (unpaired) electrons. The minimum atomic E-state index is -2.21. The number of nitrogens with one attached hydrogen (secondary N) is 1. The third kappa shape index (κ3) is 4.26. The Hall–Kier alpha value is -2.97. The molecule has 1 unspecified atom stereocenters. The molecular formula is C22H16ClF2NO4S. The van der Waals surface area contributed by atoms with Gasteiger partial charge in [-0.15, -0.1) is 0 Å². The lowest BCUT2D eigenvalue weighted by molar-refractivity contribution is 0.0500. The van der Waals surface area contributed by atoms with Crippen molar-refractivity contribution in [2.24, 2.45) is 0 Å². The number of rotatable bonds is 0. The highest BCUT2D eigenvalue weighted by atomic mass is 35.5. The Morgan fingerprint density at radius 2 is 1.84 bits per heavy atom. The standard InChI is InChI=1S/C22H16ClF2NO4S/c23-16-8-13-9-20(21(16)27)31(29)26-19-10-15(17(24)11-18(19)25)14-6-2-1-4-12(14)5-3-7-30-22(13)28/h1-2,4,6,8-11,26-27H,3,5,7H2. The summed E-state index contributed by atoms with van der Waals surface area (Å²) >= 11 is 5.98. The number of halogens is 3. The number of fused-ring (bicyclic) bond motifs is 6. The van der Waals surface area contributed by atoms with Gasteiger partial charge in [-0.3, -0.25) is 4.72 Å². The Morgan fingerprint density at radius 3 is 2.65 bits per heavy atom. The number of phenolic OH excluding ortho intramolecular Hbond substituents is 1. The summed E-state index contributed by atoms with van der Waals surface area (Å²) in [4.78, 5) is 12.2. The van der Waals surface area contributed by atoms with Crippen LogP contribution in [0.3, 0.4) is 0 Å². The van der Waals surface area contributed by atoms with Gasteiger partial charge >= 0.3 is 5.97 Å². The van der Waals surface area contributed by atoms with Crippen molar-refractivity contribution in [1.29, 1.82) is 0 Å². The van der Waals surface area contributed by atoms with E-state index in [0.717, 1.165) is 11.6 Å². The Bertz CT molecular complexity index is 1220. The van der Waals surface area contributed by atoms with Crippen LogP contribution in [0.1, 0.15) is 22.3 Å². The maximum Gasteiger partial charge on any atom is 0.338 e. The molecule has 0 saturated heterocycles. The van der Waals surface area contributed by atoms with Crippen molar-refractivity contribution in [3.05, 3.63) is 76.3 Å². The molecule has 1 aliphatic rings. The molecule has 4 bridgehead atoms. The summed E-state index contributed by atoms with van der Waals surface area (Å²) in [6, 6.07) is 11.3. The van der Waals surface area contributed by atoms with E-state index >= 15 is 0 Å². The molecule has 2 N–H and O–H groups in total. The van der Waals surface area contributed by atoms with Gasteiger partial charge in [0.05, 0.1) is 22.9 Å². The lowest BCUT2D eigenvalue weighted by Gasteiger charge is -2.14. The van der Waals surface area contributed by atoms with Crippen LogP contribution in [0.5, 0.6) is 5.75 Å². The van der Waals surface area contributed by atoms with Crippen molar-refractivity contribution in [2.45, 2.75) is 17.7 Å². The summed E-state index contributed by atoms with van der Waals surface area (Å²) in [5, 5.41) is 10.0. The van der Waals surface area contributed by atoms with Crippen molar-refractivity contribution in [2.75, 3.05) is 11.3 Å². The molecule has 0 fully saturated rings. The zero-order valence-corrected chi connectivity index (χ0v) is 17.5. The minimum absolute atomic E-state index is 0.0107. The number of esters is 1. The highest BCUT2D eigenvalue weighted by molar-refractivity contribution is 7.86. The van der Waals surface area contributed by atoms with Crippen LogP contribution in [0, 0.1) is 11.6 Å². The van der Waals surface area contributed by atoms with Crippen molar-refractivity contribution < 1.29 is 27.6 Å². The number of carbonyl (C=O) groups excluding carboxylic acids is 1. The van der Waals surface area contributed by atoms with Crippen LogP contribution in [0.25, 0.3) is 11.1 Å². The second kappa shape index (κ2) is 8.64. The SMILES string of the molecule is O=C1OCCCc2ccccc2-c2cc(c(F)cc2F)NS(=O)c2cc1cc(Cl)c2O. The number of carbonyl (C=O) groups is 1. The van der Waals surface area contributed by atoms with E-state index in [1.54, 1.807) is 18.2 Å². The van der Waals surface area contributed by atoms with Gasteiger partial charge in [0.2, 0.25) is 0 Å². The molecule has 3 aromatic carbocycles. The zero-order chi connectivity index (χ0) is 22.1. The first-order valence-electron chi connectivity index (χ1n) is 9.30. The summed E-state index contributed by atoms with van der Waals surface area (Å²) < 4.78 is 49.7. The van der Waals surface area contributed by atoms with E-state index < -0.39 is 34.3 Å². The first-order chi connectivity index (χ1) is 14.8. The Kier molecular flexibility index (Phi) is 5.93. The molecular weight excluding hydrogens is 448 g/mol. The first kappa shape index (κ1) is 21.3. The zero-order valence-electron chi connectivity index (χ0n) is 16.0. The molecule has 3 aromatic rings. The van der Waals surface area contributed by atoms with Gasteiger partial charge in [0.15, 0.2) is 16.7 Å². The van der Waals surface area contributed by atoms with Gasteiger partial charge in [-0.2, -0.15) is 0 Å². The summed E-state index contributed by atoms with van der Waals surface area (Å²) in [5.74, 6) is -2.97. The van der Waals surface area contributed by atoms with E-state index in [1.165, 1.54) is 12.1 Å². The molecule has 0 saturated carbocycles. The average Bonchev–Trinajstić information content (AvgIpc) is 2.74. The van der Waals surface area contributed by atoms with E-state index in [0.29, 0.717) is 24.5 Å². The van der Waals surface area contributed by atoms with Crippen molar-refractivity contribution >= 4 is 34.2 Å². The van der Waals surface area contributed by atoms with Gasteiger partial charge in [0, 0.05) is 11.6 Å².